The number of aromatic amines is 1. The second-order valence-corrected chi connectivity index (χ2v) is 9.24. The van der Waals surface area contributed by atoms with Crippen LogP contribution in [-0.2, 0) is 5.41 Å². The van der Waals surface area contributed by atoms with Crippen molar-refractivity contribution in [2.45, 2.75) is 29.9 Å². The van der Waals surface area contributed by atoms with Crippen molar-refractivity contribution in [2.75, 3.05) is 6.26 Å². The molecule has 1 atom stereocenters. The first kappa shape index (κ1) is 20.0. The summed E-state index contributed by atoms with van der Waals surface area (Å²) in [7, 11) is 0. The number of fused-ring (bicyclic) bond motifs is 1. The van der Waals surface area contributed by atoms with E-state index in [1.165, 1.54) is 10.7 Å². The number of ether oxygens (including phenoxy) is 1. The van der Waals surface area contributed by atoms with Gasteiger partial charge in [-0.3, -0.25) is 9.89 Å². The zero-order chi connectivity index (χ0) is 21.6. The van der Waals surface area contributed by atoms with Gasteiger partial charge in [-0.05, 0) is 55.4 Å². The molecule has 1 N–H and O–H groups in total. The minimum atomic E-state index is -0.374. The van der Waals surface area contributed by atoms with Crippen molar-refractivity contribution < 1.29 is 4.74 Å². The topological polar surface area (TPSA) is 83.2 Å². The van der Waals surface area contributed by atoms with E-state index in [4.69, 9.17) is 16.3 Å². The van der Waals surface area contributed by atoms with Crippen LogP contribution >= 0.6 is 23.4 Å². The largest absolute Gasteiger partial charge is 0.450 e. The fourth-order valence-electron chi connectivity index (χ4n) is 4.06. The van der Waals surface area contributed by atoms with Gasteiger partial charge in [-0.2, -0.15) is 21.5 Å². The van der Waals surface area contributed by atoms with Crippen molar-refractivity contribution in [3.05, 3.63) is 86.6 Å². The summed E-state index contributed by atoms with van der Waals surface area (Å²) in [6, 6.07) is 9.86. The molecule has 3 aromatic rings. The molecule has 31 heavy (non-hydrogen) atoms. The minimum absolute atomic E-state index is 0.115. The number of aromatic nitrogens is 3. The molecule has 1 unspecified atom stereocenters. The van der Waals surface area contributed by atoms with Gasteiger partial charge in [0, 0.05) is 15.7 Å². The third kappa shape index (κ3) is 3.36. The van der Waals surface area contributed by atoms with Gasteiger partial charge < -0.3 is 4.74 Å². The average Bonchev–Trinajstić information content (AvgIpc) is 3.51. The molecule has 0 saturated heterocycles. The van der Waals surface area contributed by atoms with Crippen LogP contribution in [0, 0.1) is 11.3 Å². The van der Waals surface area contributed by atoms with Crippen LogP contribution in [0.4, 0.5) is 0 Å². The van der Waals surface area contributed by atoms with Gasteiger partial charge in [-0.25, -0.2) is 4.98 Å². The molecule has 2 heterocycles. The second kappa shape index (κ2) is 7.63. The van der Waals surface area contributed by atoms with E-state index in [0.29, 0.717) is 32.9 Å². The van der Waals surface area contributed by atoms with Gasteiger partial charge in [0.2, 0.25) is 5.75 Å². The number of hydrogen-bond acceptors (Lipinski definition) is 5. The highest BCUT2D eigenvalue weighted by Crippen LogP contribution is 2.54. The fraction of sp³-hybridized carbons (Fsp3) is 0.261. The summed E-state index contributed by atoms with van der Waals surface area (Å²) in [6.07, 6.45) is 12.0. The van der Waals surface area contributed by atoms with Crippen LogP contribution in [-0.4, -0.2) is 26.1 Å². The van der Waals surface area contributed by atoms with Gasteiger partial charge in [0.25, 0.3) is 0 Å². The molecular weight excluding hydrogens is 432 g/mol. The fourth-order valence-corrected chi connectivity index (χ4v) is 4.71. The predicted molar refractivity (Wildman–Crippen MR) is 122 cm³/mol. The molecule has 2 aromatic heterocycles. The second-order valence-electron chi connectivity index (χ2n) is 7.73. The van der Waals surface area contributed by atoms with Crippen LogP contribution < -0.4 is 10.3 Å². The van der Waals surface area contributed by atoms with Crippen molar-refractivity contribution in [1.82, 2.24) is 14.6 Å². The van der Waals surface area contributed by atoms with Crippen molar-refractivity contribution in [3.63, 3.8) is 0 Å². The third-order valence-corrected chi connectivity index (χ3v) is 7.13. The van der Waals surface area contributed by atoms with E-state index >= 15 is 0 Å². The lowest BCUT2D eigenvalue weighted by molar-refractivity contribution is 0.428. The van der Waals surface area contributed by atoms with E-state index in [0.717, 1.165) is 24.8 Å². The Morgan fingerprint density at radius 1 is 1.35 bits per heavy atom. The van der Waals surface area contributed by atoms with E-state index in [2.05, 4.69) is 28.5 Å². The molecule has 5 rings (SSSR count). The minimum Gasteiger partial charge on any atom is -0.450 e. The van der Waals surface area contributed by atoms with E-state index in [9.17, 15) is 10.1 Å². The molecule has 1 fully saturated rings. The molecule has 6 nitrogen and oxygen atoms in total. The van der Waals surface area contributed by atoms with Crippen LogP contribution in [0.3, 0.4) is 0 Å². The summed E-state index contributed by atoms with van der Waals surface area (Å²) in [4.78, 5) is 17.5. The molecule has 2 aliphatic carbocycles. The molecule has 0 radical (unpaired) electrons. The number of halogens is 1. The molecule has 0 spiro atoms. The van der Waals surface area contributed by atoms with E-state index in [-0.39, 0.29) is 16.7 Å². The van der Waals surface area contributed by atoms with Crippen LogP contribution in [0.25, 0.3) is 5.65 Å². The summed E-state index contributed by atoms with van der Waals surface area (Å²) in [5.74, 6) is 0.737. The van der Waals surface area contributed by atoms with E-state index in [1.54, 1.807) is 11.8 Å². The number of nitriles is 1. The lowest BCUT2D eigenvalue weighted by atomic mass is 9.90. The number of H-pyrrole nitrogens is 1. The number of nitrogens with zero attached hydrogens (tertiary/aromatic N) is 3. The van der Waals surface area contributed by atoms with Crippen LogP contribution in [0.15, 0.2) is 59.2 Å². The Morgan fingerprint density at radius 3 is 2.74 bits per heavy atom. The van der Waals surface area contributed by atoms with Crippen molar-refractivity contribution in [2.24, 2.45) is 0 Å². The monoisotopic (exact) mass is 450 g/mol. The number of benzene rings is 1. The predicted octanol–water partition coefficient (Wildman–Crippen LogP) is 4.58. The SMILES string of the molecule is CSC1C=CC(Oc2cnc3c(C#N)c(C4(c5ccc(Cl)cc5)CC4)[nH]n3c2=O)=CC1. The first-order chi connectivity index (χ1) is 15.1. The lowest BCUT2D eigenvalue weighted by Gasteiger charge is -2.14. The molecule has 8 heteroatoms. The van der Waals surface area contributed by atoms with Crippen LogP contribution in [0.5, 0.6) is 5.75 Å². The van der Waals surface area contributed by atoms with Gasteiger partial charge in [0.05, 0.1) is 11.9 Å². The maximum absolute atomic E-state index is 13.1. The Balaban J connectivity index is 1.55. The Bertz CT molecular complexity index is 1330. The van der Waals surface area contributed by atoms with Gasteiger partial charge in [0.1, 0.15) is 17.4 Å². The summed E-state index contributed by atoms with van der Waals surface area (Å²) < 4.78 is 7.14. The number of thioether (sulfide) groups is 1. The summed E-state index contributed by atoms with van der Waals surface area (Å²) >= 11 is 7.81. The average molecular weight is 451 g/mol. The lowest BCUT2D eigenvalue weighted by Crippen LogP contribution is -2.19. The standard InChI is InChI=1S/C23H19ClN4O2S/c1-31-17-8-6-16(7-9-17)30-19-13-26-21-18(12-25)20(27-28(21)22(19)29)23(10-11-23)14-2-4-15(24)5-3-14/h2-8,13,17,27H,9-11H2,1H3. The van der Waals surface area contributed by atoms with Crippen LogP contribution in [0.2, 0.25) is 5.02 Å². The summed E-state index contributed by atoms with van der Waals surface area (Å²) in [6.45, 7) is 0. The van der Waals surface area contributed by atoms with Gasteiger partial charge in [-0.15, -0.1) is 0 Å². The molecule has 1 aromatic carbocycles. The van der Waals surface area contributed by atoms with Gasteiger partial charge in [-0.1, -0.05) is 29.8 Å². The van der Waals surface area contributed by atoms with Crippen molar-refractivity contribution >= 4 is 29.0 Å². The molecule has 0 amide bonds. The van der Waals surface area contributed by atoms with Crippen LogP contribution in [0.1, 0.15) is 36.1 Å². The highest BCUT2D eigenvalue weighted by molar-refractivity contribution is 7.99. The Morgan fingerprint density at radius 2 is 2.13 bits per heavy atom. The number of nitrogens with one attached hydrogen (secondary N) is 1. The smallest absolute Gasteiger partial charge is 0.315 e. The van der Waals surface area contributed by atoms with Gasteiger partial charge >= 0.3 is 5.56 Å². The number of rotatable bonds is 5. The highest BCUT2D eigenvalue weighted by atomic mass is 35.5. The maximum Gasteiger partial charge on any atom is 0.315 e. The van der Waals surface area contributed by atoms with E-state index in [1.807, 2.05) is 36.4 Å². The quantitative estimate of drug-likeness (QED) is 0.615. The summed E-state index contributed by atoms with van der Waals surface area (Å²) in [5.41, 5.74) is 1.75. The molecule has 0 aliphatic heterocycles. The maximum atomic E-state index is 13.1. The molecule has 156 valence electrons. The van der Waals surface area contributed by atoms with Crippen molar-refractivity contribution in [1.29, 1.82) is 5.26 Å². The Labute approximate surface area is 188 Å². The number of allylic oxidation sites excluding steroid dienone is 2. The first-order valence-corrected chi connectivity index (χ1v) is 11.6. The molecule has 1 saturated carbocycles. The molecule has 0 bridgehead atoms. The Hall–Kier alpha value is -2.95. The highest BCUT2D eigenvalue weighted by Gasteiger charge is 2.49. The number of hydrogen-bond donors (Lipinski definition) is 1. The normalized spacial score (nSPS) is 19.1. The first-order valence-electron chi connectivity index (χ1n) is 9.95. The zero-order valence-electron chi connectivity index (χ0n) is 16.8. The van der Waals surface area contributed by atoms with E-state index < -0.39 is 0 Å². The molecular formula is C23H19ClN4O2S. The Kier molecular flexibility index (Phi) is 4.92. The third-order valence-electron chi connectivity index (χ3n) is 5.92. The zero-order valence-corrected chi connectivity index (χ0v) is 18.3. The summed E-state index contributed by atoms with van der Waals surface area (Å²) in [5, 5.41) is 14.1. The molecule has 2 aliphatic rings. The van der Waals surface area contributed by atoms with Crippen molar-refractivity contribution in [3.8, 4) is 11.8 Å². The van der Waals surface area contributed by atoms with Gasteiger partial charge in [0.15, 0.2) is 5.65 Å².